The van der Waals surface area contributed by atoms with E-state index in [-0.39, 0.29) is 18.3 Å². The standard InChI is InChI=1S/C20H23N5O2S2/c1-4-10-25-17(11-27-16-8-6-15(5-2)7-9-16)23-24-20(25)29-13-18(26)22-19-21-14(3)12-28-19/h4,6-9,12H,1,5,10-11,13H2,2-3H3,(H,21,22,26). The number of nitrogens with zero attached hydrogens (tertiary/aromatic N) is 4. The summed E-state index contributed by atoms with van der Waals surface area (Å²) in [4.78, 5) is 16.4. The van der Waals surface area contributed by atoms with Crippen molar-refractivity contribution in [2.75, 3.05) is 11.1 Å². The summed E-state index contributed by atoms with van der Waals surface area (Å²) in [6.45, 7) is 8.63. The van der Waals surface area contributed by atoms with Crippen molar-refractivity contribution in [2.24, 2.45) is 0 Å². The maximum atomic E-state index is 12.2. The third-order valence-corrected chi connectivity index (χ3v) is 5.84. The number of carbonyl (C=O) groups is 1. The van der Waals surface area contributed by atoms with Crippen molar-refractivity contribution < 1.29 is 9.53 Å². The number of ether oxygens (including phenoxy) is 1. The van der Waals surface area contributed by atoms with Crippen LogP contribution in [-0.4, -0.2) is 31.4 Å². The molecule has 0 aliphatic rings. The second-order valence-corrected chi connectivity index (χ2v) is 8.02. The fourth-order valence-corrected chi connectivity index (χ4v) is 3.98. The first-order chi connectivity index (χ1) is 14.1. The molecule has 2 heterocycles. The van der Waals surface area contributed by atoms with E-state index >= 15 is 0 Å². The summed E-state index contributed by atoms with van der Waals surface area (Å²) in [6, 6.07) is 8.00. The Balaban J connectivity index is 1.59. The molecule has 0 atom stereocenters. The number of thiazole rings is 1. The van der Waals surface area contributed by atoms with Gasteiger partial charge >= 0.3 is 0 Å². The number of hydrogen-bond donors (Lipinski definition) is 1. The SMILES string of the molecule is C=CCn1c(COc2ccc(CC)cc2)nnc1SCC(=O)Nc1nc(C)cs1. The van der Waals surface area contributed by atoms with Crippen LogP contribution in [-0.2, 0) is 24.4 Å². The van der Waals surface area contributed by atoms with E-state index in [1.54, 1.807) is 6.08 Å². The molecule has 0 saturated heterocycles. The Hall–Kier alpha value is -2.65. The average Bonchev–Trinajstić information content (AvgIpc) is 3.31. The molecule has 1 aromatic carbocycles. The third kappa shape index (κ3) is 5.91. The Labute approximate surface area is 178 Å². The predicted octanol–water partition coefficient (Wildman–Crippen LogP) is 4.10. The van der Waals surface area contributed by atoms with Gasteiger partial charge in [0.15, 0.2) is 16.1 Å². The molecule has 152 valence electrons. The van der Waals surface area contributed by atoms with Gasteiger partial charge in [-0.3, -0.25) is 9.36 Å². The summed E-state index contributed by atoms with van der Waals surface area (Å²) in [7, 11) is 0. The lowest BCUT2D eigenvalue weighted by molar-refractivity contribution is -0.113. The molecule has 0 bridgehead atoms. The molecule has 3 aromatic rings. The summed E-state index contributed by atoms with van der Waals surface area (Å²) < 4.78 is 7.75. The van der Waals surface area contributed by atoms with Crippen LogP contribution in [0.15, 0.2) is 47.5 Å². The number of benzene rings is 1. The highest BCUT2D eigenvalue weighted by molar-refractivity contribution is 7.99. The van der Waals surface area contributed by atoms with Crippen LogP contribution in [0.5, 0.6) is 5.75 Å². The van der Waals surface area contributed by atoms with Crippen LogP contribution in [0.3, 0.4) is 0 Å². The molecule has 0 radical (unpaired) electrons. The smallest absolute Gasteiger partial charge is 0.236 e. The molecule has 0 unspecified atom stereocenters. The number of aromatic nitrogens is 4. The van der Waals surface area contributed by atoms with Gasteiger partial charge in [0.25, 0.3) is 0 Å². The summed E-state index contributed by atoms with van der Waals surface area (Å²) >= 11 is 2.73. The van der Waals surface area contributed by atoms with Gasteiger partial charge < -0.3 is 10.1 Å². The lowest BCUT2D eigenvalue weighted by Gasteiger charge is -2.09. The predicted molar refractivity (Wildman–Crippen MR) is 117 cm³/mol. The zero-order valence-corrected chi connectivity index (χ0v) is 18.1. The minimum atomic E-state index is -0.133. The minimum absolute atomic E-state index is 0.133. The van der Waals surface area contributed by atoms with E-state index in [0.717, 1.165) is 17.9 Å². The topological polar surface area (TPSA) is 81.9 Å². The normalized spacial score (nSPS) is 10.7. The van der Waals surface area contributed by atoms with Gasteiger partial charge in [0.05, 0.1) is 11.4 Å². The van der Waals surface area contributed by atoms with Gasteiger partial charge in [0.2, 0.25) is 5.91 Å². The monoisotopic (exact) mass is 429 g/mol. The average molecular weight is 430 g/mol. The summed E-state index contributed by atoms with van der Waals surface area (Å²) in [5.41, 5.74) is 2.15. The zero-order chi connectivity index (χ0) is 20.6. The van der Waals surface area contributed by atoms with Gasteiger partial charge in [-0.15, -0.1) is 28.1 Å². The Kier molecular flexibility index (Phi) is 7.42. The molecule has 0 fully saturated rings. The maximum Gasteiger partial charge on any atom is 0.236 e. The summed E-state index contributed by atoms with van der Waals surface area (Å²) in [5, 5.41) is 14.4. The largest absolute Gasteiger partial charge is 0.486 e. The molecule has 2 aromatic heterocycles. The van der Waals surface area contributed by atoms with Crippen molar-refractivity contribution in [1.29, 1.82) is 0 Å². The Bertz CT molecular complexity index is 966. The molecule has 0 spiro atoms. The molecule has 1 amide bonds. The minimum Gasteiger partial charge on any atom is -0.486 e. The van der Waals surface area contributed by atoms with Gasteiger partial charge in [-0.25, -0.2) is 4.98 Å². The number of allylic oxidation sites excluding steroid dienone is 1. The number of hydrogen-bond acceptors (Lipinski definition) is 7. The van der Waals surface area contributed by atoms with Crippen LogP contribution < -0.4 is 10.1 Å². The first kappa shape index (κ1) is 21.1. The highest BCUT2D eigenvalue weighted by atomic mass is 32.2. The maximum absolute atomic E-state index is 12.2. The number of carbonyl (C=O) groups excluding carboxylic acids is 1. The van der Waals surface area contributed by atoms with E-state index in [9.17, 15) is 4.79 Å². The second-order valence-electron chi connectivity index (χ2n) is 6.22. The van der Waals surface area contributed by atoms with Crippen LogP contribution in [0.1, 0.15) is 24.0 Å². The molecule has 3 rings (SSSR count). The molecule has 0 aliphatic heterocycles. The van der Waals surface area contributed by atoms with Crippen LogP contribution in [0, 0.1) is 6.92 Å². The van der Waals surface area contributed by atoms with Crippen LogP contribution in [0.4, 0.5) is 5.13 Å². The number of aryl methyl sites for hydroxylation is 2. The van der Waals surface area contributed by atoms with E-state index in [2.05, 4.69) is 34.0 Å². The van der Waals surface area contributed by atoms with Gasteiger partial charge in [0, 0.05) is 11.9 Å². The lowest BCUT2D eigenvalue weighted by Crippen LogP contribution is -2.15. The summed E-state index contributed by atoms with van der Waals surface area (Å²) in [5.74, 6) is 1.55. The Morgan fingerprint density at radius 1 is 1.34 bits per heavy atom. The van der Waals surface area contributed by atoms with E-state index < -0.39 is 0 Å². The van der Waals surface area contributed by atoms with Crippen molar-refractivity contribution in [3.8, 4) is 5.75 Å². The van der Waals surface area contributed by atoms with Crippen molar-refractivity contribution in [3.05, 3.63) is 59.4 Å². The van der Waals surface area contributed by atoms with Crippen molar-refractivity contribution in [3.63, 3.8) is 0 Å². The second kappa shape index (κ2) is 10.2. The van der Waals surface area contributed by atoms with Crippen molar-refractivity contribution in [2.45, 2.75) is 38.6 Å². The van der Waals surface area contributed by atoms with Gasteiger partial charge in [-0.05, 0) is 31.0 Å². The summed E-state index contributed by atoms with van der Waals surface area (Å²) in [6.07, 6.45) is 2.76. The molecule has 0 aliphatic carbocycles. The number of nitrogens with one attached hydrogen (secondary N) is 1. The molecule has 9 heteroatoms. The van der Waals surface area contributed by atoms with E-state index in [1.807, 2.05) is 41.1 Å². The fraction of sp³-hybridized carbons (Fsp3) is 0.300. The molecule has 29 heavy (non-hydrogen) atoms. The number of amides is 1. The molecular formula is C20H23N5O2S2. The zero-order valence-electron chi connectivity index (χ0n) is 16.4. The number of rotatable bonds is 10. The van der Waals surface area contributed by atoms with Crippen molar-refractivity contribution >= 4 is 34.1 Å². The highest BCUT2D eigenvalue weighted by Crippen LogP contribution is 2.20. The molecule has 1 N–H and O–H groups in total. The van der Waals surface area contributed by atoms with Gasteiger partial charge in [0.1, 0.15) is 12.4 Å². The highest BCUT2D eigenvalue weighted by Gasteiger charge is 2.15. The number of anilines is 1. The van der Waals surface area contributed by atoms with Crippen LogP contribution >= 0.6 is 23.1 Å². The van der Waals surface area contributed by atoms with Gasteiger partial charge in [-0.2, -0.15) is 0 Å². The van der Waals surface area contributed by atoms with Crippen molar-refractivity contribution in [1.82, 2.24) is 19.7 Å². The first-order valence-corrected chi connectivity index (χ1v) is 11.0. The third-order valence-electron chi connectivity index (χ3n) is 4.00. The Morgan fingerprint density at radius 3 is 2.79 bits per heavy atom. The molecule has 7 nitrogen and oxygen atoms in total. The number of thioether (sulfide) groups is 1. The van der Waals surface area contributed by atoms with E-state index in [1.165, 1.54) is 28.7 Å². The van der Waals surface area contributed by atoms with E-state index in [4.69, 9.17) is 4.74 Å². The molecule has 0 saturated carbocycles. The molecular weight excluding hydrogens is 406 g/mol. The van der Waals surface area contributed by atoms with E-state index in [0.29, 0.717) is 22.7 Å². The quantitative estimate of drug-likeness (QED) is 0.386. The van der Waals surface area contributed by atoms with Gasteiger partial charge in [-0.1, -0.05) is 36.9 Å². The lowest BCUT2D eigenvalue weighted by atomic mass is 10.2. The van der Waals surface area contributed by atoms with Crippen LogP contribution in [0.2, 0.25) is 0 Å². The van der Waals surface area contributed by atoms with Crippen LogP contribution in [0.25, 0.3) is 0 Å². The fourth-order valence-electron chi connectivity index (χ4n) is 2.51. The Morgan fingerprint density at radius 2 is 2.14 bits per heavy atom. The first-order valence-electron chi connectivity index (χ1n) is 9.18.